The molecular weight excluding hydrogens is 182 g/mol. The van der Waals surface area contributed by atoms with E-state index in [0.29, 0.717) is 16.6 Å². The van der Waals surface area contributed by atoms with Gasteiger partial charge in [0.2, 0.25) is 0 Å². The molecule has 0 unspecified atom stereocenters. The SMILES string of the molecule is Cc1cc2c(=O)[nH]cnc2n(C)c1=O. The van der Waals surface area contributed by atoms with Gasteiger partial charge in [-0.3, -0.25) is 14.2 Å². The van der Waals surface area contributed by atoms with Gasteiger partial charge in [-0.05, 0) is 13.0 Å². The monoisotopic (exact) mass is 191 g/mol. The number of rotatable bonds is 0. The number of hydrogen-bond donors (Lipinski definition) is 1. The zero-order valence-corrected chi connectivity index (χ0v) is 7.87. The van der Waals surface area contributed by atoms with Crippen molar-refractivity contribution in [1.82, 2.24) is 14.5 Å². The van der Waals surface area contributed by atoms with Crippen molar-refractivity contribution in [3.63, 3.8) is 0 Å². The molecule has 0 aliphatic heterocycles. The Morgan fingerprint density at radius 3 is 2.86 bits per heavy atom. The van der Waals surface area contributed by atoms with E-state index in [-0.39, 0.29) is 11.1 Å². The average molecular weight is 191 g/mol. The molecule has 0 spiro atoms. The molecule has 0 aliphatic rings. The molecule has 14 heavy (non-hydrogen) atoms. The van der Waals surface area contributed by atoms with Gasteiger partial charge in [-0.2, -0.15) is 0 Å². The summed E-state index contributed by atoms with van der Waals surface area (Å²) >= 11 is 0. The largest absolute Gasteiger partial charge is 0.313 e. The van der Waals surface area contributed by atoms with Gasteiger partial charge in [0.05, 0.1) is 11.7 Å². The fourth-order valence-corrected chi connectivity index (χ4v) is 1.44. The lowest BCUT2D eigenvalue weighted by Gasteiger charge is -2.03. The molecule has 0 saturated heterocycles. The van der Waals surface area contributed by atoms with E-state index in [9.17, 15) is 9.59 Å². The van der Waals surface area contributed by atoms with Crippen molar-refractivity contribution < 1.29 is 0 Å². The van der Waals surface area contributed by atoms with E-state index < -0.39 is 0 Å². The molecule has 1 N–H and O–H groups in total. The lowest BCUT2D eigenvalue weighted by Crippen LogP contribution is -2.22. The van der Waals surface area contributed by atoms with Crippen LogP contribution in [-0.4, -0.2) is 14.5 Å². The lowest BCUT2D eigenvalue weighted by atomic mass is 10.2. The Kier molecular flexibility index (Phi) is 1.73. The average Bonchev–Trinajstić information content (AvgIpc) is 2.17. The normalized spacial score (nSPS) is 10.7. The summed E-state index contributed by atoms with van der Waals surface area (Å²) in [4.78, 5) is 29.3. The Labute approximate surface area is 79.0 Å². The van der Waals surface area contributed by atoms with Crippen LogP contribution in [0.5, 0.6) is 0 Å². The van der Waals surface area contributed by atoms with Crippen LogP contribution in [0.3, 0.4) is 0 Å². The molecule has 0 bridgehead atoms. The number of fused-ring (bicyclic) bond motifs is 1. The first kappa shape index (κ1) is 8.68. The molecular formula is C9H9N3O2. The smallest absolute Gasteiger partial charge is 0.260 e. The van der Waals surface area contributed by atoms with Crippen molar-refractivity contribution in [3.05, 3.63) is 38.7 Å². The molecule has 5 heteroatoms. The number of pyridine rings is 1. The molecule has 72 valence electrons. The Hall–Kier alpha value is -1.91. The topological polar surface area (TPSA) is 67.8 Å². The fourth-order valence-electron chi connectivity index (χ4n) is 1.44. The molecule has 2 rings (SSSR count). The number of hydrogen-bond acceptors (Lipinski definition) is 3. The quantitative estimate of drug-likeness (QED) is 0.633. The minimum atomic E-state index is -0.228. The highest BCUT2D eigenvalue weighted by Gasteiger charge is 2.06. The number of nitrogens with one attached hydrogen (secondary N) is 1. The van der Waals surface area contributed by atoms with Gasteiger partial charge in [0.15, 0.2) is 0 Å². The van der Waals surface area contributed by atoms with Crippen LogP contribution in [0.2, 0.25) is 0 Å². The Morgan fingerprint density at radius 2 is 2.14 bits per heavy atom. The number of aromatic amines is 1. The van der Waals surface area contributed by atoms with Gasteiger partial charge in [0.25, 0.3) is 11.1 Å². The van der Waals surface area contributed by atoms with E-state index in [1.54, 1.807) is 20.0 Å². The van der Waals surface area contributed by atoms with E-state index in [0.717, 1.165) is 0 Å². The second-order valence-corrected chi connectivity index (χ2v) is 3.16. The van der Waals surface area contributed by atoms with Gasteiger partial charge in [-0.25, -0.2) is 4.98 Å². The van der Waals surface area contributed by atoms with Crippen LogP contribution in [0.4, 0.5) is 0 Å². The van der Waals surface area contributed by atoms with Gasteiger partial charge < -0.3 is 4.98 Å². The molecule has 0 radical (unpaired) electrons. The third-order valence-electron chi connectivity index (χ3n) is 2.19. The van der Waals surface area contributed by atoms with Crippen LogP contribution in [-0.2, 0) is 7.05 Å². The van der Waals surface area contributed by atoms with Crippen molar-refractivity contribution in [2.75, 3.05) is 0 Å². The molecule has 5 nitrogen and oxygen atoms in total. The molecule has 0 aromatic carbocycles. The van der Waals surface area contributed by atoms with Crippen molar-refractivity contribution in [2.24, 2.45) is 7.05 Å². The van der Waals surface area contributed by atoms with E-state index in [4.69, 9.17) is 0 Å². The van der Waals surface area contributed by atoms with Gasteiger partial charge in [-0.15, -0.1) is 0 Å². The maximum Gasteiger partial charge on any atom is 0.260 e. The first-order chi connectivity index (χ1) is 6.61. The van der Waals surface area contributed by atoms with Crippen molar-refractivity contribution in [3.8, 4) is 0 Å². The minimum absolute atomic E-state index is 0.129. The standard InChI is InChI=1S/C9H9N3O2/c1-5-3-6-7(12(2)9(5)14)10-4-11-8(6)13/h3-4H,1-2H3,(H,10,11,13). The number of aromatic nitrogens is 3. The van der Waals surface area contributed by atoms with E-state index in [1.165, 1.54) is 10.9 Å². The first-order valence-electron chi connectivity index (χ1n) is 4.15. The fraction of sp³-hybridized carbons (Fsp3) is 0.222. The second kappa shape index (κ2) is 2.80. The van der Waals surface area contributed by atoms with Crippen LogP contribution >= 0.6 is 0 Å². The third kappa shape index (κ3) is 1.06. The summed E-state index contributed by atoms with van der Waals surface area (Å²) in [5.41, 5.74) is 0.590. The van der Waals surface area contributed by atoms with Crippen molar-refractivity contribution >= 4 is 11.0 Å². The highest BCUT2D eigenvalue weighted by atomic mass is 16.1. The predicted octanol–water partition coefficient (Wildman–Crippen LogP) is -0.0698. The van der Waals surface area contributed by atoms with Crippen LogP contribution < -0.4 is 11.1 Å². The maximum absolute atomic E-state index is 11.5. The van der Waals surface area contributed by atoms with Crippen LogP contribution in [0, 0.1) is 6.92 Å². The zero-order valence-electron chi connectivity index (χ0n) is 7.87. The molecule has 0 fully saturated rings. The van der Waals surface area contributed by atoms with Gasteiger partial charge in [-0.1, -0.05) is 0 Å². The molecule has 0 amide bonds. The van der Waals surface area contributed by atoms with Gasteiger partial charge in [0, 0.05) is 12.6 Å². The number of nitrogens with zero attached hydrogens (tertiary/aromatic N) is 2. The summed E-state index contributed by atoms with van der Waals surface area (Å²) in [7, 11) is 1.60. The summed E-state index contributed by atoms with van der Waals surface area (Å²) in [6, 6.07) is 1.56. The highest BCUT2D eigenvalue weighted by Crippen LogP contribution is 2.02. The molecule has 2 aromatic heterocycles. The second-order valence-electron chi connectivity index (χ2n) is 3.16. The minimum Gasteiger partial charge on any atom is -0.313 e. The summed E-state index contributed by atoms with van der Waals surface area (Å²) in [5.74, 6) is 0. The summed E-state index contributed by atoms with van der Waals surface area (Å²) < 4.78 is 1.37. The summed E-state index contributed by atoms with van der Waals surface area (Å²) in [5, 5.41) is 0.437. The van der Waals surface area contributed by atoms with Crippen LogP contribution in [0.1, 0.15) is 5.56 Å². The molecule has 0 saturated carbocycles. The highest BCUT2D eigenvalue weighted by molar-refractivity contribution is 5.74. The lowest BCUT2D eigenvalue weighted by molar-refractivity contribution is 0.869. The molecule has 0 atom stereocenters. The maximum atomic E-state index is 11.5. The summed E-state index contributed by atoms with van der Waals surface area (Å²) in [6.07, 6.45) is 1.29. The van der Waals surface area contributed by atoms with Crippen molar-refractivity contribution in [2.45, 2.75) is 6.92 Å². The zero-order chi connectivity index (χ0) is 10.3. The first-order valence-corrected chi connectivity index (χ1v) is 4.15. The van der Waals surface area contributed by atoms with E-state index >= 15 is 0 Å². The number of H-pyrrole nitrogens is 1. The molecule has 2 heterocycles. The van der Waals surface area contributed by atoms with Crippen LogP contribution in [0.25, 0.3) is 11.0 Å². The van der Waals surface area contributed by atoms with Crippen molar-refractivity contribution in [1.29, 1.82) is 0 Å². The van der Waals surface area contributed by atoms with E-state index in [1.807, 2.05) is 0 Å². The Balaban J connectivity index is 3.14. The van der Waals surface area contributed by atoms with E-state index in [2.05, 4.69) is 9.97 Å². The third-order valence-corrected chi connectivity index (χ3v) is 2.19. The number of aryl methyl sites for hydroxylation is 2. The molecule has 0 aliphatic carbocycles. The van der Waals surface area contributed by atoms with Gasteiger partial charge in [0.1, 0.15) is 5.65 Å². The molecule has 2 aromatic rings. The predicted molar refractivity (Wildman–Crippen MR) is 52.3 cm³/mol. The summed E-state index contributed by atoms with van der Waals surface area (Å²) in [6.45, 7) is 1.67. The van der Waals surface area contributed by atoms with Gasteiger partial charge >= 0.3 is 0 Å². The Morgan fingerprint density at radius 1 is 1.43 bits per heavy atom. The Bertz CT molecular complexity index is 609. The van der Waals surface area contributed by atoms with Crippen LogP contribution in [0.15, 0.2) is 22.0 Å².